The number of aryl methyl sites for hydroxylation is 1. The topological polar surface area (TPSA) is 83.4 Å². The number of amides is 2. The Bertz CT molecular complexity index is 991. The van der Waals surface area contributed by atoms with Crippen LogP contribution in [-0.4, -0.2) is 76.7 Å². The minimum absolute atomic E-state index is 0.0248. The van der Waals surface area contributed by atoms with E-state index in [0.29, 0.717) is 37.6 Å². The Hall–Kier alpha value is -2.81. The molecule has 8 nitrogen and oxygen atoms in total. The second kappa shape index (κ2) is 9.36. The fraction of sp³-hybridized carbons (Fsp3) is 0.565. The zero-order valence-corrected chi connectivity index (χ0v) is 18.8. The maximum Gasteiger partial charge on any atom is 0.289 e. The van der Waals surface area contributed by atoms with E-state index in [4.69, 9.17) is 0 Å². The summed E-state index contributed by atoms with van der Waals surface area (Å²) in [6.45, 7) is 3.40. The molecule has 2 aliphatic heterocycles. The number of hydrogen-bond acceptors (Lipinski definition) is 5. The zero-order valence-electron chi connectivity index (χ0n) is 18.8. The molecule has 172 valence electrons. The fourth-order valence-corrected chi connectivity index (χ4v) is 4.74. The monoisotopic (exact) mass is 442 g/mol. The van der Waals surface area contributed by atoms with Crippen molar-refractivity contribution in [3.05, 3.63) is 47.3 Å². The van der Waals surface area contributed by atoms with E-state index in [1.165, 1.54) is 12.1 Å². The number of carbonyl (C=O) groups excluding carboxylic acids is 2. The van der Waals surface area contributed by atoms with Crippen molar-refractivity contribution in [1.82, 2.24) is 29.9 Å². The molecule has 0 radical (unpaired) electrons. The smallest absolute Gasteiger partial charge is 0.289 e. The van der Waals surface area contributed by atoms with Gasteiger partial charge in [0, 0.05) is 39.1 Å². The summed E-state index contributed by atoms with van der Waals surface area (Å²) < 4.78 is 15.4. The lowest BCUT2D eigenvalue weighted by atomic mass is 9.80. The Labute approximate surface area is 187 Å². The van der Waals surface area contributed by atoms with Crippen molar-refractivity contribution in [2.75, 3.05) is 40.3 Å². The molecular weight excluding hydrogens is 411 g/mol. The van der Waals surface area contributed by atoms with Crippen molar-refractivity contribution in [3.8, 4) is 0 Å². The first kappa shape index (κ1) is 22.4. The molecule has 0 aliphatic carbocycles. The molecule has 1 aromatic carbocycles. The lowest BCUT2D eigenvalue weighted by Gasteiger charge is -2.27. The largest absolute Gasteiger partial charge is 0.348 e. The van der Waals surface area contributed by atoms with Crippen LogP contribution in [0.25, 0.3) is 0 Å². The number of benzene rings is 1. The lowest BCUT2D eigenvalue weighted by Crippen LogP contribution is -2.34. The summed E-state index contributed by atoms with van der Waals surface area (Å²) in [4.78, 5) is 29.3. The van der Waals surface area contributed by atoms with Crippen LogP contribution < -0.4 is 5.32 Å². The first-order chi connectivity index (χ1) is 15.3. The number of nitrogens with zero attached hydrogens (tertiary/aromatic N) is 5. The molecule has 1 unspecified atom stereocenters. The number of likely N-dealkylation sites (tertiary alicyclic amines) is 1. The van der Waals surface area contributed by atoms with E-state index >= 15 is 0 Å². The molecule has 9 heteroatoms. The Morgan fingerprint density at radius 2 is 2.00 bits per heavy atom. The quantitative estimate of drug-likeness (QED) is 0.733. The molecule has 2 amide bonds. The molecule has 1 fully saturated rings. The highest BCUT2D eigenvalue weighted by molar-refractivity contribution is 5.90. The third-order valence-electron chi connectivity index (χ3n) is 6.66. The van der Waals surface area contributed by atoms with E-state index in [0.717, 1.165) is 38.1 Å². The van der Waals surface area contributed by atoms with Crippen LogP contribution in [-0.2, 0) is 24.2 Å². The minimum Gasteiger partial charge on any atom is -0.348 e. The second-order valence-corrected chi connectivity index (χ2v) is 9.27. The highest BCUT2D eigenvalue weighted by Crippen LogP contribution is 2.41. The molecule has 0 saturated carbocycles. The molecule has 1 saturated heterocycles. The van der Waals surface area contributed by atoms with Gasteiger partial charge in [0.2, 0.25) is 11.7 Å². The van der Waals surface area contributed by atoms with Gasteiger partial charge in [0.25, 0.3) is 5.91 Å². The molecule has 2 aromatic rings. The number of carbonyl (C=O) groups is 2. The summed E-state index contributed by atoms with van der Waals surface area (Å²) in [5, 5.41) is 11.3. The molecule has 1 atom stereocenters. The highest BCUT2D eigenvalue weighted by Gasteiger charge is 2.41. The van der Waals surface area contributed by atoms with Gasteiger partial charge >= 0.3 is 0 Å². The van der Waals surface area contributed by atoms with Gasteiger partial charge in [-0.25, -0.2) is 4.39 Å². The van der Waals surface area contributed by atoms with Gasteiger partial charge in [0.1, 0.15) is 11.6 Å². The number of halogens is 1. The van der Waals surface area contributed by atoms with Crippen LogP contribution in [0.4, 0.5) is 4.39 Å². The van der Waals surface area contributed by atoms with Crippen molar-refractivity contribution in [2.24, 2.45) is 5.41 Å². The Morgan fingerprint density at radius 1 is 1.19 bits per heavy atom. The number of hydrogen-bond donors (Lipinski definition) is 1. The molecule has 4 rings (SSSR count). The predicted molar refractivity (Wildman–Crippen MR) is 118 cm³/mol. The van der Waals surface area contributed by atoms with Gasteiger partial charge in [-0.05, 0) is 56.5 Å². The molecule has 0 bridgehead atoms. The number of likely N-dealkylation sites (N-methyl/N-ethyl adjacent to an activating group) is 1. The van der Waals surface area contributed by atoms with Crippen molar-refractivity contribution < 1.29 is 14.0 Å². The number of fused-ring (bicyclic) bond motifs is 1. The number of nitrogens with one attached hydrogen (secondary N) is 1. The van der Waals surface area contributed by atoms with Crippen LogP contribution in [0.5, 0.6) is 0 Å². The Kier molecular flexibility index (Phi) is 6.55. The Morgan fingerprint density at radius 3 is 2.78 bits per heavy atom. The average molecular weight is 443 g/mol. The zero-order chi connectivity index (χ0) is 22.7. The van der Waals surface area contributed by atoms with Crippen molar-refractivity contribution in [1.29, 1.82) is 0 Å². The van der Waals surface area contributed by atoms with E-state index in [1.54, 1.807) is 12.1 Å². The van der Waals surface area contributed by atoms with Gasteiger partial charge in [0.15, 0.2) is 0 Å². The normalized spacial score (nSPS) is 20.4. The van der Waals surface area contributed by atoms with Gasteiger partial charge < -0.3 is 19.7 Å². The molecule has 1 aromatic heterocycles. The van der Waals surface area contributed by atoms with Gasteiger partial charge in [-0.3, -0.25) is 9.59 Å². The molecular formula is C23H31FN6O2. The number of rotatable bonds is 6. The number of aromatic nitrogens is 3. The molecule has 2 aliphatic rings. The van der Waals surface area contributed by atoms with Gasteiger partial charge in [0.05, 0.1) is 6.42 Å². The maximum absolute atomic E-state index is 13.4. The van der Waals surface area contributed by atoms with Gasteiger partial charge in [-0.1, -0.05) is 12.1 Å². The Balaban J connectivity index is 1.37. The predicted octanol–water partition coefficient (Wildman–Crippen LogP) is 1.51. The van der Waals surface area contributed by atoms with Crippen molar-refractivity contribution in [2.45, 2.75) is 38.6 Å². The van der Waals surface area contributed by atoms with Crippen molar-refractivity contribution in [3.63, 3.8) is 0 Å². The standard InChI is InChI=1S/C23H31FN6O2/c1-28(2)13-10-25-22(32)21-27-26-19-6-7-23(9-12-30(19)21)8-11-29(16-23)20(31)15-17-4-3-5-18(24)14-17/h3-5,14H,6-13,15-16H2,1-2H3,(H,25,32). The van der Waals surface area contributed by atoms with E-state index in [-0.39, 0.29) is 29.5 Å². The molecule has 32 heavy (non-hydrogen) atoms. The minimum atomic E-state index is -0.318. The lowest BCUT2D eigenvalue weighted by molar-refractivity contribution is -0.129. The van der Waals surface area contributed by atoms with Crippen LogP contribution in [0.3, 0.4) is 0 Å². The van der Waals surface area contributed by atoms with E-state index in [1.807, 2.05) is 28.5 Å². The van der Waals surface area contributed by atoms with Crippen LogP contribution in [0.2, 0.25) is 0 Å². The second-order valence-electron chi connectivity index (χ2n) is 9.27. The SMILES string of the molecule is CN(C)CCNC(=O)c1nnc2n1CCC1(CC2)CCN(C(=O)Cc2cccc(F)c2)C1. The average Bonchev–Trinajstić information content (AvgIpc) is 3.30. The van der Waals surface area contributed by atoms with Crippen LogP contribution in [0.15, 0.2) is 24.3 Å². The first-order valence-electron chi connectivity index (χ1n) is 11.2. The third kappa shape index (κ3) is 4.98. The highest BCUT2D eigenvalue weighted by atomic mass is 19.1. The summed E-state index contributed by atoms with van der Waals surface area (Å²) in [5.74, 6) is 0.732. The molecule has 1 spiro atoms. The van der Waals surface area contributed by atoms with Crippen LogP contribution >= 0.6 is 0 Å². The summed E-state index contributed by atoms with van der Waals surface area (Å²) in [6.07, 6.45) is 3.68. The molecule has 1 N–H and O–H groups in total. The van der Waals surface area contributed by atoms with E-state index in [9.17, 15) is 14.0 Å². The van der Waals surface area contributed by atoms with Gasteiger partial charge in [-0.15, -0.1) is 10.2 Å². The third-order valence-corrected chi connectivity index (χ3v) is 6.66. The fourth-order valence-electron chi connectivity index (χ4n) is 4.74. The summed E-state index contributed by atoms with van der Waals surface area (Å²) >= 11 is 0. The molecule has 3 heterocycles. The first-order valence-corrected chi connectivity index (χ1v) is 11.2. The van der Waals surface area contributed by atoms with E-state index in [2.05, 4.69) is 15.5 Å². The maximum atomic E-state index is 13.4. The van der Waals surface area contributed by atoms with E-state index < -0.39 is 0 Å². The van der Waals surface area contributed by atoms with Gasteiger partial charge in [-0.2, -0.15) is 0 Å². The summed E-state index contributed by atoms with van der Waals surface area (Å²) in [5.41, 5.74) is 0.727. The summed E-state index contributed by atoms with van der Waals surface area (Å²) in [7, 11) is 3.92. The summed E-state index contributed by atoms with van der Waals surface area (Å²) in [6, 6.07) is 6.24. The van der Waals surface area contributed by atoms with Crippen LogP contribution in [0, 0.1) is 11.2 Å². The van der Waals surface area contributed by atoms with Crippen molar-refractivity contribution >= 4 is 11.8 Å². The van der Waals surface area contributed by atoms with Crippen LogP contribution in [0.1, 0.15) is 41.3 Å².